The third-order valence-electron chi connectivity index (χ3n) is 4.79. The lowest BCUT2D eigenvalue weighted by Gasteiger charge is -2.30. The summed E-state index contributed by atoms with van der Waals surface area (Å²) < 4.78 is 0. The summed E-state index contributed by atoms with van der Waals surface area (Å²) in [6.07, 6.45) is 14.6. The first-order valence-corrected chi connectivity index (χ1v) is 10.6. The third-order valence-corrected chi connectivity index (χ3v) is 4.79. The Balaban J connectivity index is 4.00. The molecule has 4 nitrogen and oxygen atoms in total. The van der Waals surface area contributed by atoms with Crippen molar-refractivity contribution in [1.29, 1.82) is 0 Å². The van der Waals surface area contributed by atoms with Gasteiger partial charge in [0.05, 0.1) is 0 Å². The van der Waals surface area contributed by atoms with Crippen molar-refractivity contribution in [3.8, 4) is 0 Å². The fourth-order valence-electron chi connectivity index (χ4n) is 3.26. The molecule has 0 rings (SSSR count). The smallest absolute Gasteiger partial charge is 0.0155 e. The molecule has 0 fully saturated rings. The van der Waals surface area contributed by atoms with Gasteiger partial charge in [0.25, 0.3) is 0 Å². The Labute approximate surface area is 151 Å². The van der Waals surface area contributed by atoms with Crippen LogP contribution in [-0.4, -0.2) is 38.3 Å². The molecule has 0 aromatic rings. The molecule has 0 saturated heterocycles. The highest BCUT2D eigenvalue weighted by molar-refractivity contribution is 4.84. The predicted octanol–water partition coefficient (Wildman–Crippen LogP) is 3.54. The molecule has 0 bridgehead atoms. The maximum absolute atomic E-state index is 6.79. The third kappa shape index (κ3) is 15.4. The van der Waals surface area contributed by atoms with E-state index in [-0.39, 0.29) is 5.54 Å². The van der Waals surface area contributed by atoms with Crippen LogP contribution in [0.4, 0.5) is 0 Å². The van der Waals surface area contributed by atoms with Crippen LogP contribution < -0.4 is 22.1 Å². The lowest BCUT2D eigenvalue weighted by Crippen LogP contribution is -2.41. The second-order valence-electron chi connectivity index (χ2n) is 7.38. The lowest BCUT2D eigenvalue weighted by atomic mass is 9.84. The predicted molar refractivity (Wildman–Crippen MR) is 108 cm³/mol. The molecule has 0 spiro atoms. The van der Waals surface area contributed by atoms with Crippen LogP contribution >= 0.6 is 0 Å². The summed E-state index contributed by atoms with van der Waals surface area (Å²) in [4.78, 5) is 0. The molecule has 0 aliphatic carbocycles. The van der Waals surface area contributed by atoms with E-state index in [4.69, 9.17) is 11.5 Å². The van der Waals surface area contributed by atoms with E-state index in [0.717, 1.165) is 45.6 Å². The molecule has 0 aliphatic heterocycles. The molecule has 0 heterocycles. The summed E-state index contributed by atoms with van der Waals surface area (Å²) in [5, 5.41) is 7.00. The summed E-state index contributed by atoms with van der Waals surface area (Å²) >= 11 is 0. The van der Waals surface area contributed by atoms with Crippen LogP contribution in [0.1, 0.15) is 90.9 Å². The van der Waals surface area contributed by atoms with E-state index in [0.29, 0.717) is 0 Å². The number of hydrogen-bond donors (Lipinski definition) is 4. The van der Waals surface area contributed by atoms with E-state index in [1.807, 2.05) is 0 Å². The van der Waals surface area contributed by atoms with Gasteiger partial charge in [0.2, 0.25) is 0 Å². The van der Waals surface area contributed by atoms with Gasteiger partial charge in [0.1, 0.15) is 0 Å². The first-order valence-electron chi connectivity index (χ1n) is 10.6. The van der Waals surface area contributed by atoms with Gasteiger partial charge in [0, 0.05) is 5.54 Å². The zero-order valence-corrected chi connectivity index (χ0v) is 16.7. The van der Waals surface area contributed by atoms with Crippen LogP contribution in [0.3, 0.4) is 0 Å². The Hall–Kier alpha value is -0.160. The number of rotatable bonds is 19. The quantitative estimate of drug-likeness (QED) is 0.271. The molecule has 0 saturated carbocycles. The van der Waals surface area contributed by atoms with Crippen LogP contribution in [0.2, 0.25) is 0 Å². The zero-order valence-electron chi connectivity index (χ0n) is 16.7. The minimum atomic E-state index is 0.0374. The molecule has 0 aromatic heterocycles. The Morgan fingerprint density at radius 3 is 1.58 bits per heavy atom. The van der Waals surface area contributed by atoms with Crippen LogP contribution in [0.25, 0.3) is 0 Å². The van der Waals surface area contributed by atoms with Crippen molar-refractivity contribution < 1.29 is 0 Å². The van der Waals surface area contributed by atoms with E-state index in [9.17, 15) is 0 Å². The molecule has 0 aromatic carbocycles. The molecular weight excluding hydrogens is 296 g/mol. The molecule has 6 N–H and O–H groups in total. The van der Waals surface area contributed by atoms with Gasteiger partial charge in [-0.3, -0.25) is 0 Å². The van der Waals surface area contributed by atoms with Crippen LogP contribution in [0.15, 0.2) is 0 Å². The van der Waals surface area contributed by atoms with Crippen molar-refractivity contribution in [3.63, 3.8) is 0 Å². The van der Waals surface area contributed by atoms with Crippen molar-refractivity contribution in [1.82, 2.24) is 10.6 Å². The Morgan fingerprint density at radius 1 is 0.625 bits per heavy atom. The molecule has 24 heavy (non-hydrogen) atoms. The monoisotopic (exact) mass is 342 g/mol. The maximum atomic E-state index is 6.79. The van der Waals surface area contributed by atoms with Gasteiger partial charge in [-0.1, -0.05) is 39.5 Å². The van der Waals surface area contributed by atoms with Gasteiger partial charge in [-0.05, 0) is 84.1 Å². The maximum Gasteiger partial charge on any atom is 0.0155 e. The molecule has 0 amide bonds. The SMILES string of the molecule is CCCNCCCC(N)(CCCCCCCN)CCCNCCC. The van der Waals surface area contributed by atoms with Gasteiger partial charge in [0.15, 0.2) is 0 Å². The van der Waals surface area contributed by atoms with Crippen LogP contribution in [-0.2, 0) is 0 Å². The van der Waals surface area contributed by atoms with E-state index >= 15 is 0 Å². The van der Waals surface area contributed by atoms with Crippen molar-refractivity contribution in [3.05, 3.63) is 0 Å². The van der Waals surface area contributed by atoms with E-state index in [2.05, 4.69) is 24.5 Å². The molecule has 0 aliphatic rings. The molecule has 146 valence electrons. The molecule has 4 heteroatoms. The Morgan fingerprint density at radius 2 is 1.08 bits per heavy atom. The fraction of sp³-hybridized carbons (Fsp3) is 1.00. The summed E-state index contributed by atoms with van der Waals surface area (Å²) in [5.74, 6) is 0. The minimum absolute atomic E-state index is 0.0374. The highest BCUT2D eigenvalue weighted by Gasteiger charge is 2.23. The van der Waals surface area contributed by atoms with E-state index in [1.54, 1.807) is 0 Å². The summed E-state index contributed by atoms with van der Waals surface area (Å²) in [6.45, 7) is 9.73. The highest BCUT2D eigenvalue weighted by atomic mass is 14.9. The van der Waals surface area contributed by atoms with Gasteiger partial charge >= 0.3 is 0 Å². The van der Waals surface area contributed by atoms with E-state index < -0.39 is 0 Å². The zero-order chi connectivity index (χ0) is 17.9. The average molecular weight is 343 g/mol. The normalized spacial score (nSPS) is 12.0. The number of unbranched alkanes of at least 4 members (excludes halogenated alkanes) is 4. The molecule has 0 unspecified atom stereocenters. The van der Waals surface area contributed by atoms with E-state index in [1.165, 1.54) is 64.2 Å². The van der Waals surface area contributed by atoms with Gasteiger partial charge in [-0.15, -0.1) is 0 Å². The average Bonchev–Trinajstić information content (AvgIpc) is 2.58. The standard InChI is InChI=1S/C20H46N4/c1-3-16-23-18-10-13-20(22,14-11-19-24-17-4-2)12-8-6-5-7-9-15-21/h23-24H,3-19,21-22H2,1-2H3. The van der Waals surface area contributed by atoms with Crippen LogP contribution in [0.5, 0.6) is 0 Å². The minimum Gasteiger partial charge on any atom is -0.330 e. The van der Waals surface area contributed by atoms with Gasteiger partial charge in [-0.25, -0.2) is 0 Å². The summed E-state index contributed by atoms with van der Waals surface area (Å²) in [7, 11) is 0. The largest absolute Gasteiger partial charge is 0.330 e. The van der Waals surface area contributed by atoms with Crippen LogP contribution in [0, 0.1) is 0 Å². The summed E-state index contributed by atoms with van der Waals surface area (Å²) in [5.41, 5.74) is 12.4. The highest BCUT2D eigenvalue weighted by Crippen LogP contribution is 2.24. The van der Waals surface area contributed by atoms with Crippen molar-refractivity contribution in [2.75, 3.05) is 32.7 Å². The first kappa shape index (κ1) is 23.8. The Bertz CT molecular complexity index is 232. The fourth-order valence-corrected chi connectivity index (χ4v) is 3.26. The topological polar surface area (TPSA) is 76.1 Å². The van der Waals surface area contributed by atoms with Crippen molar-refractivity contribution in [2.24, 2.45) is 11.5 Å². The Kier molecular flexibility index (Phi) is 17.5. The summed E-state index contributed by atoms with van der Waals surface area (Å²) in [6, 6.07) is 0. The van der Waals surface area contributed by atoms with Gasteiger partial charge in [-0.2, -0.15) is 0 Å². The lowest BCUT2D eigenvalue weighted by molar-refractivity contribution is 0.308. The molecule has 0 atom stereocenters. The van der Waals surface area contributed by atoms with Crippen molar-refractivity contribution in [2.45, 2.75) is 96.4 Å². The van der Waals surface area contributed by atoms with Gasteiger partial charge < -0.3 is 22.1 Å². The first-order chi connectivity index (χ1) is 11.7. The number of hydrogen-bond acceptors (Lipinski definition) is 4. The second kappa shape index (κ2) is 17.7. The molecular formula is C20H46N4. The molecule has 0 radical (unpaired) electrons. The second-order valence-corrected chi connectivity index (χ2v) is 7.38. The number of nitrogens with one attached hydrogen (secondary N) is 2. The van der Waals surface area contributed by atoms with Crippen molar-refractivity contribution >= 4 is 0 Å². The number of nitrogens with two attached hydrogens (primary N) is 2.